The molecule has 0 fully saturated rings. The van der Waals surface area contributed by atoms with Gasteiger partial charge in [0.2, 0.25) is 0 Å². The van der Waals surface area contributed by atoms with Crippen molar-refractivity contribution in [3.05, 3.63) is 29.8 Å². The second-order valence-electron chi connectivity index (χ2n) is 6.21. The molecule has 2 rings (SSSR count). The van der Waals surface area contributed by atoms with Crippen molar-refractivity contribution in [1.82, 2.24) is 5.32 Å². The third-order valence-electron chi connectivity index (χ3n) is 3.49. The maximum atomic E-state index is 5.71. The third kappa shape index (κ3) is 3.95. The van der Waals surface area contributed by atoms with Crippen molar-refractivity contribution >= 4 is 5.69 Å². The van der Waals surface area contributed by atoms with Crippen LogP contribution in [0.2, 0.25) is 0 Å². The SMILES string of the molecule is CC(C)OCCN1CC(C)(C)NCc2ccccc21. The van der Waals surface area contributed by atoms with Crippen LogP contribution >= 0.6 is 0 Å². The largest absolute Gasteiger partial charge is 0.377 e. The molecule has 0 saturated carbocycles. The van der Waals surface area contributed by atoms with Gasteiger partial charge in [-0.2, -0.15) is 0 Å². The van der Waals surface area contributed by atoms with E-state index in [4.69, 9.17) is 4.74 Å². The van der Waals surface area contributed by atoms with Gasteiger partial charge in [0.15, 0.2) is 0 Å². The fourth-order valence-electron chi connectivity index (χ4n) is 2.52. The molecule has 1 aromatic rings. The van der Waals surface area contributed by atoms with Crippen molar-refractivity contribution in [2.24, 2.45) is 0 Å². The number of ether oxygens (including phenoxy) is 1. The van der Waals surface area contributed by atoms with Gasteiger partial charge in [-0.05, 0) is 39.3 Å². The molecule has 0 unspecified atom stereocenters. The lowest BCUT2D eigenvalue weighted by Crippen LogP contribution is -2.47. The van der Waals surface area contributed by atoms with Crippen molar-refractivity contribution in [2.75, 3.05) is 24.6 Å². The number of para-hydroxylation sites is 1. The Hall–Kier alpha value is -1.06. The highest BCUT2D eigenvalue weighted by molar-refractivity contribution is 5.55. The van der Waals surface area contributed by atoms with E-state index >= 15 is 0 Å². The van der Waals surface area contributed by atoms with E-state index in [0.29, 0.717) is 6.10 Å². The highest BCUT2D eigenvalue weighted by atomic mass is 16.5. The van der Waals surface area contributed by atoms with Gasteiger partial charge in [-0.25, -0.2) is 0 Å². The van der Waals surface area contributed by atoms with Crippen LogP contribution in [0.5, 0.6) is 0 Å². The Labute approximate surface area is 116 Å². The predicted octanol–water partition coefficient (Wildman–Crippen LogP) is 2.80. The molecule has 3 nitrogen and oxygen atoms in total. The number of hydrogen-bond donors (Lipinski definition) is 1. The molecule has 1 aromatic carbocycles. The molecular weight excluding hydrogens is 236 g/mol. The van der Waals surface area contributed by atoms with Crippen LogP contribution in [0.15, 0.2) is 24.3 Å². The third-order valence-corrected chi connectivity index (χ3v) is 3.49. The molecule has 1 heterocycles. The average Bonchev–Trinajstić information content (AvgIpc) is 2.47. The van der Waals surface area contributed by atoms with Gasteiger partial charge in [0, 0.05) is 30.9 Å². The number of anilines is 1. The average molecular weight is 262 g/mol. The molecule has 0 bridgehead atoms. The minimum atomic E-state index is 0.122. The van der Waals surface area contributed by atoms with Crippen molar-refractivity contribution < 1.29 is 4.74 Å². The maximum absolute atomic E-state index is 5.71. The van der Waals surface area contributed by atoms with E-state index < -0.39 is 0 Å². The Balaban J connectivity index is 2.13. The molecule has 106 valence electrons. The minimum Gasteiger partial charge on any atom is -0.377 e. The second kappa shape index (κ2) is 5.93. The van der Waals surface area contributed by atoms with E-state index in [1.54, 1.807) is 0 Å². The molecule has 0 radical (unpaired) electrons. The van der Waals surface area contributed by atoms with Gasteiger partial charge < -0.3 is 15.0 Å². The van der Waals surface area contributed by atoms with E-state index in [-0.39, 0.29) is 5.54 Å². The van der Waals surface area contributed by atoms with Crippen LogP contribution in [0.4, 0.5) is 5.69 Å². The first kappa shape index (κ1) is 14.4. The molecule has 0 atom stereocenters. The van der Waals surface area contributed by atoms with Crippen LogP contribution in [0.1, 0.15) is 33.3 Å². The van der Waals surface area contributed by atoms with Crippen LogP contribution in [0, 0.1) is 0 Å². The molecule has 19 heavy (non-hydrogen) atoms. The topological polar surface area (TPSA) is 24.5 Å². The van der Waals surface area contributed by atoms with Crippen LogP contribution in [-0.2, 0) is 11.3 Å². The molecule has 1 N–H and O–H groups in total. The van der Waals surface area contributed by atoms with Crippen molar-refractivity contribution in [1.29, 1.82) is 0 Å². The van der Waals surface area contributed by atoms with Crippen molar-refractivity contribution in [2.45, 2.75) is 45.9 Å². The highest BCUT2D eigenvalue weighted by Crippen LogP contribution is 2.25. The molecule has 1 aliphatic rings. The summed E-state index contributed by atoms with van der Waals surface area (Å²) in [7, 11) is 0. The summed E-state index contributed by atoms with van der Waals surface area (Å²) >= 11 is 0. The van der Waals surface area contributed by atoms with Gasteiger partial charge in [-0.1, -0.05) is 18.2 Å². The Morgan fingerprint density at radius 3 is 2.79 bits per heavy atom. The molecule has 0 saturated heterocycles. The van der Waals surface area contributed by atoms with Crippen LogP contribution in [0.3, 0.4) is 0 Å². The molecule has 0 amide bonds. The van der Waals surface area contributed by atoms with Gasteiger partial charge in [-0.3, -0.25) is 0 Å². The maximum Gasteiger partial charge on any atom is 0.0645 e. The first-order chi connectivity index (χ1) is 8.98. The molecular formula is C16H26N2O. The summed E-state index contributed by atoms with van der Waals surface area (Å²) in [5, 5.41) is 3.62. The Morgan fingerprint density at radius 1 is 1.32 bits per heavy atom. The zero-order valence-corrected chi connectivity index (χ0v) is 12.6. The lowest BCUT2D eigenvalue weighted by atomic mass is 10.1. The lowest BCUT2D eigenvalue weighted by molar-refractivity contribution is 0.0836. The van der Waals surface area contributed by atoms with E-state index in [9.17, 15) is 0 Å². The minimum absolute atomic E-state index is 0.122. The quantitative estimate of drug-likeness (QED) is 0.903. The summed E-state index contributed by atoms with van der Waals surface area (Å²) < 4.78 is 5.71. The molecule has 0 spiro atoms. The Bertz CT molecular complexity index is 415. The first-order valence-electron chi connectivity index (χ1n) is 7.17. The summed E-state index contributed by atoms with van der Waals surface area (Å²) in [4.78, 5) is 2.44. The van der Waals surface area contributed by atoms with E-state index in [2.05, 4.69) is 62.2 Å². The number of nitrogens with zero attached hydrogens (tertiary/aromatic N) is 1. The summed E-state index contributed by atoms with van der Waals surface area (Å²) in [6.45, 7) is 12.4. The van der Waals surface area contributed by atoms with E-state index in [1.165, 1.54) is 11.3 Å². The molecule has 0 aromatic heterocycles. The monoisotopic (exact) mass is 262 g/mol. The highest BCUT2D eigenvalue weighted by Gasteiger charge is 2.26. The van der Waals surface area contributed by atoms with Gasteiger partial charge in [0.1, 0.15) is 0 Å². The standard InChI is InChI=1S/C16H26N2O/c1-13(2)19-10-9-18-12-16(3,4)17-11-14-7-5-6-8-15(14)18/h5-8,13,17H,9-12H2,1-4H3. The van der Waals surface area contributed by atoms with Crippen molar-refractivity contribution in [3.8, 4) is 0 Å². The van der Waals surface area contributed by atoms with Gasteiger partial charge >= 0.3 is 0 Å². The fourth-order valence-corrected chi connectivity index (χ4v) is 2.52. The van der Waals surface area contributed by atoms with Gasteiger partial charge in [0.05, 0.1) is 12.7 Å². The summed E-state index contributed by atoms with van der Waals surface area (Å²) in [6.07, 6.45) is 0.299. The zero-order chi connectivity index (χ0) is 13.9. The molecule has 3 heteroatoms. The predicted molar refractivity (Wildman–Crippen MR) is 80.7 cm³/mol. The zero-order valence-electron chi connectivity index (χ0n) is 12.6. The number of rotatable bonds is 4. The Morgan fingerprint density at radius 2 is 2.05 bits per heavy atom. The van der Waals surface area contributed by atoms with E-state index in [0.717, 1.165) is 26.2 Å². The van der Waals surface area contributed by atoms with Gasteiger partial charge in [-0.15, -0.1) is 0 Å². The molecule has 0 aliphatic carbocycles. The number of nitrogens with one attached hydrogen (secondary N) is 1. The fraction of sp³-hybridized carbons (Fsp3) is 0.625. The lowest BCUT2D eigenvalue weighted by Gasteiger charge is -2.32. The van der Waals surface area contributed by atoms with E-state index in [1.807, 2.05) is 0 Å². The van der Waals surface area contributed by atoms with Crippen LogP contribution in [0.25, 0.3) is 0 Å². The summed E-state index contributed by atoms with van der Waals surface area (Å²) in [6, 6.07) is 8.66. The van der Waals surface area contributed by atoms with Crippen molar-refractivity contribution in [3.63, 3.8) is 0 Å². The summed E-state index contributed by atoms with van der Waals surface area (Å²) in [5.74, 6) is 0. The number of benzene rings is 1. The second-order valence-corrected chi connectivity index (χ2v) is 6.21. The van der Waals surface area contributed by atoms with Gasteiger partial charge in [0.25, 0.3) is 0 Å². The normalized spacial score (nSPS) is 18.3. The number of hydrogen-bond acceptors (Lipinski definition) is 3. The summed E-state index contributed by atoms with van der Waals surface area (Å²) in [5.41, 5.74) is 2.84. The van der Waals surface area contributed by atoms with Crippen LogP contribution < -0.4 is 10.2 Å². The first-order valence-corrected chi connectivity index (χ1v) is 7.17. The smallest absolute Gasteiger partial charge is 0.0645 e. The molecule has 1 aliphatic heterocycles. The van der Waals surface area contributed by atoms with Crippen LogP contribution in [-0.4, -0.2) is 31.3 Å². The Kier molecular flexibility index (Phi) is 4.48. The number of fused-ring (bicyclic) bond motifs is 1.